The van der Waals surface area contributed by atoms with Crippen LogP contribution in [0.2, 0.25) is 0 Å². The number of nitrogens with one attached hydrogen (secondary N) is 2. The summed E-state index contributed by atoms with van der Waals surface area (Å²) in [6, 6.07) is 12.0. The second-order valence-corrected chi connectivity index (χ2v) is 4.04. The van der Waals surface area contributed by atoms with Gasteiger partial charge in [0.1, 0.15) is 0 Å². The van der Waals surface area contributed by atoms with Crippen LogP contribution in [-0.4, -0.2) is 19.5 Å². The zero-order valence-corrected chi connectivity index (χ0v) is 12.2. The molecule has 0 saturated carbocycles. The largest absolute Gasteiger partial charge is 1.00 e. The van der Waals surface area contributed by atoms with Crippen LogP contribution < -0.4 is 29.5 Å². The molecule has 0 saturated heterocycles. The van der Waals surface area contributed by atoms with Gasteiger partial charge in [-0.25, -0.2) is 0 Å². The van der Waals surface area contributed by atoms with E-state index in [1.165, 1.54) is 10.9 Å². The fraction of sp³-hybridized carbons (Fsp3) is 0.188. The molecule has 0 aliphatic carbocycles. The molecule has 2 rings (SSSR count). The maximum Gasteiger partial charge on any atom is 1.00 e. The number of carbonyl (C=O) groups excluding carboxylic acids is 1. The number of fused-ring (bicyclic) bond motifs is 1. The maximum absolute atomic E-state index is 10.1. The van der Waals surface area contributed by atoms with Crippen molar-refractivity contribution in [3.63, 3.8) is 0 Å². The van der Waals surface area contributed by atoms with Crippen molar-refractivity contribution >= 4 is 22.9 Å². The van der Waals surface area contributed by atoms with Crippen LogP contribution in [0.3, 0.4) is 0 Å². The Morgan fingerprint density at radius 2 is 1.70 bits per heavy atom. The Hall–Kier alpha value is -1.27. The minimum absolute atomic E-state index is 0. The molecule has 0 spiro atoms. The van der Waals surface area contributed by atoms with Crippen molar-refractivity contribution < 1.29 is 23.7 Å². The van der Waals surface area contributed by atoms with Crippen molar-refractivity contribution in [1.29, 1.82) is 0 Å². The van der Waals surface area contributed by atoms with Gasteiger partial charge in [0.15, 0.2) is 0 Å². The Bertz CT molecular complexity index is 527. The number of aryl methyl sites for hydroxylation is 1. The van der Waals surface area contributed by atoms with E-state index in [2.05, 4.69) is 42.7 Å². The first kappa shape index (κ1) is 18.7. The summed E-state index contributed by atoms with van der Waals surface area (Å²) < 4.78 is 0. The third-order valence-electron chi connectivity index (χ3n) is 2.54. The van der Waals surface area contributed by atoms with Gasteiger partial charge in [0.25, 0.3) is 0 Å². The quantitative estimate of drug-likeness (QED) is 0.458. The normalized spacial score (nSPS) is 9.15. The average Bonchev–Trinajstić information content (AvgIpc) is 2.40. The van der Waals surface area contributed by atoms with Gasteiger partial charge in [0.2, 0.25) is 0 Å². The van der Waals surface area contributed by atoms with Crippen LogP contribution >= 0.6 is 0 Å². The number of rotatable bonds is 4. The Morgan fingerprint density at radius 1 is 1.05 bits per heavy atom. The number of hydrogen-bond donors (Lipinski definition) is 2. The summed E-state index contributed by atoms with van der Waals surface area (Å²) in [5.74, 6) is 0. The topological polar surface area (TPSA) is 41.1 Å². The molecular formula is C16H19LiN2O-2. The van der Waals surface area contributed by atoms with E-state index >= 15 is 0 Å². The number of amides is 1. The molecule has 0 unspecified atom stereocenters. The Balaban J connectivity index is 0.000000526. The van der Waals surface area contributed by atoms with E-state index in [-0.39, 0.29) is 18.9 Å². The summed E-state index contributed by atoms with van der Waals surface area (Å²) in [6.45, 7) is 10.7. The molecule has 0 bridgehead atoms. The SMILES string of the molecule is Cc1ccc2ccc(N[C-]=O)cc2c1.[CH2-]CNC[CH2-].[Li+]. The molecule has 1 amide bonds. The van der Waals surface area contributed by atoms with Crippen LogP contribution in [0.1, 0.15) is 5.56 Å². The predicted octanol–water partition coefficient (Wildman–Crippen LogP) is -0.124. The molecule has 2 N–H and O–H groups in total. The van der Waals surface area contributed by atoms with E-state index in [0.29, 0.717) is 0 Å². The third-order valence-corrected chi connectivity index (χ3v) is 2.54. The van der Waals surface area contributed by atoms with Crippen LogP contribution in [0.4, 0.5) is 5.69 Å². The summed E-state index contributed by atoms with van der Waals surface area (Å²) in [6.07, 6.45) is 1.66. The van der Waals surface area contributed by atoms with Crippen LogP contribution in [-0.2, 0) is 4.79 Å². The molecule has 0 radical (unpaired) electrons. The van der Waals surface area contributed by atoms with Gasteiger partial charge < -0.3 is 29.3 Å². The van der Waals surface area contributed by atoms with E-state index in [1.807, 2.05) is 25.1 Å². The van der Waals surface area contributed by atoms with Crippen molar-refractivity contribution in [2.75, 3.05) is 18.4 Å². The molecule has 0 aliphatic heterocycles. The van der Waals surface area contributed by atoms with E-state index in [9.17, 15) is 4.79 Å². The van der Waals surface area contributed by atoms with Gasteiger partial charge >= 0.3 is 18.9 Å². The average molecular weight is 262 g/mol. The third kappa shape index (κ3) is 6.25. The van der Waals surface area contributed by atoms with Gasteiger partial charge in [-0.3, -0.25) is 0 Å². The Labute approximate surface area is 133 Å². The van der Waals surface area contributed by atoms with E-state index in [4.69, 9.17) is 0 Å². The fourth-order valence-electron chi connectivity index (χ4n) is 1.63. The number of benzene rings is 2. The molecule has 0 aromatic heterocycles. The van der Waals surface area contributed by atoms with Gasteiger partial charge in [0.05, 0.1) is 6.41 Å². The van der Waals surface area contributed by atoms with Crippen LogP contribution in [0.25, 0.3) is 10.8 Å². The Kier molecular flexibility index (Phi) is 9.84. The second-order valence-electron chi connectivity index (χ2n) is 4.04. The van der Waals surface area contributed by atoms with Crippen LogP contribution in [0.5, 0.6) is 0 Å². The number of anilines is 1. The van der Waals surface area contributed by atoms with Gasteiger partial charge in [-0.2, -0.15) is 0 Å². The molecule has 0 aliphatic rings. The molecule has 2 aromatic carbocycles. The minimum Gasteiger partial charge on any atom is -0.490 e. The summed E-state index contributed by atoms with van der Waals surface area (Å²) in [7, 11) is 0. The van der Waals surface area contributed by atoms with Crippen molar-refractivity contribution in [3.05, 3.63) is 55.8 Å². The smallest absolute Gasteiger partial charge is 0.490 e. The molecule has 2 aromatic rings. The molecule has 4 heteroatoms. The Morgan fingerprint density at radius 3 is 2.25 bits per heavy atom. The summed E-state index contributed by atoms with van der Waals surface area (Å²) in [4.78, 5) is 10.1. The van der Waals surface area contributed by atoms with Gasteiger partial charge in [-0.15, -0.1) is 30.9 Å². The first-order valence-corrected chi connectivity index (χ1v) is 6.14. The van der Waals surface area contributed by atoms with Gasteiger partial charge in [0, 0.05) is 0 Å². The minimum atomic E-state index is 0. The monoisotopic (exact) mass is 262 g/mol. The van der Waals surface area contributed by atoms with E-state index in [1.54, 1.807) is 6.41 Å². The zero-order valence-electron chi connectivity index (χ0n) is 12.2. The van der Waals surface area contributed by atoms with Crippen molar-refractivity contribution in [2.24, 2.45) is 0 Å². The zero-order chi connectivity index (χ0) is 14.1. The van der Waals surface area contributed by atoms with Crippen molar-refractivity contribution in [3.8, 4) is 0 Å². The predicted molar refractivity (Wildman–Crippen MR) is 81.6 cm³/mol. The van der Waals surface area contributed by atoms with Gasteiger partial charge in [-0.05, 0) is 17.7 Å². The molecule has 0 fully saturated rings. The second kappa shape index (κ2) is 10.5. The standard InChI is InChI=1S/C12H10NO.C4H9N.Li/c1-9-2-3-10-4-5-12(13-8-14)7-11(10)6-9;1-3-5-4-2;/h2-7H,1H3,(H,13,14);5H,1-4H2;/q-1;-2;+1. The summed E-state index contributed by atoms with van der Waals surface area (Å²) in [5.41, 5.74) is 1.99. The van der Waals surface area contributed by atoms with Crippen molar-refractivity contribution in [2.45, 2.75) is 6.92 Å². The van der Waals surface area contributed by atoms with E-state index in [0.717, 1.165) is 24.2 Å². The summed E-state index contributed by atoms with van der Waals surface area (Å²) in [5, 5.41) is 7.71. The first-order valence-electron chi connectivity index (χ1n) is 6.14. The van der Waals surface area contributed by atoms with E-state index < -0.39 is 0 Å². The maximum atomic E-state index is 10.1. The molecule has 102 valence electrons. The number of hydrogen-bond acceptors (Lipinski definition) is 2. The molecular weight excluding hydrogens is 243 g/mol. The molecule has 0 atom stereocenters. The van der Waals surface area contributed by atoms with Crippen LogP contribution in [0.15, 0.2) is 36.4 Å². The van der Waals surface area contributed by atoms with Crippen molar-refractivity contribution in [1.82, 2.24) is 5.32 Å². The first-order chi connectivity index (χ1) is 9.21. The molecule has 0 heterocycles. The fourth-order valence-corrected chi connectivity index (χ4v) is 1.63. The summed E-state index contributed by atoms with van der Waals surface area (Å²) >= 11 is 0. The molecule has 20 heavy (non-hydrogen) atoms. The van der Waals surface area contributed by atoms with Gasteiger partial charge in [-0.1, -0.05) is 29.8 Å². The van der Waals surface area contributed by atoms with Crippen LogP contribution in [0, 0.1) is 20.8 Å². The molecule has 3 nitrogen and oxygen atoms in total.